The number of carbonyl (C=O) groups is 2. The van der Waals surface area contributed by atoms with Crippen molar-refractivity contribution in [2.75, 3.05) is 11.9 Å². The molecule has 0 heterocycles. The molecule has 0 aromatic heterocycles. The van der Waals surface area contributed by atoms with Crippen LogP contribution in [0.4, 0.5) is 10.1 Å². The minimum atomic E-state index is -0.531. The Morgan fingerprint density at radius 2 is 1.83 bits per heavy atom. The predicted molar refractivity (Wildman–Crippen MR) is 113 cm³/mol. The van der Waals surface area contributed by atoms with Gasteiger partial charge in [0.25, 0.3) is 0 Å². The van der Waals surface area contributed by atoms with E-state index < -0.39 is 17.6 Å². The van der Waals surface area contributed by atoms with Gasteiger partial charge in [0, 0.05) is 12.8 Å². The molecule has 7 nitrogen and oxygen atoms in total. The molecule has 0 saturated carbocycles. The van der Waals surface area contributed by atoms with Gasteiger partial charge in [-0.1, -0.05) is 12.1 Å². The number of benzene rings is 2. The summed E-state index contributed by atoms with van der Waals surface area (Å²) in [5.41, 5.74) is 3.16. The zero-order chi connectivity index (χ0) is 21.9. The number of nitrogens with one attached hydrogen (secondary N) is 2. The monoisotopic (exact) mass is 415 g/mol. The minimum Gasteiger partial charge on any atom is -0.490 e. The maximum absolute atomic E-state index is 13.5. The van der Waals surface area contributed by atoms with E-state index in [1.807, 2.05) is 20.8 Å². The van der Waals surface area contributed by atoms with Gasteiger partial charge in [-0.05, 0) is 56.7 Å². The van der Waals surface area contributed by atoms with Gasteiger partial charge >= 0.3 is 0 Å². The summed E-state index contributed by atoms with van der Waals surface area (Å²) in [6.07, 6.45) is 1.31. The molecular weight excluding hydrogens is 389 g/mol. The number of nitrogens with zero attached hydrogens (tertiary/aromatic N) is 1. The molecule has 0 aliphatic carbocycles. The van der Waals surface area contributed by atoms with Crippen LogP contribution in [0.2, 0.25) is 0 Å². The number of amides is 2. The van der Waals surface area contributed by atoms with Crippen molar-refractivity contribution >= 4 is 23.7 Å². The first-order chi connectivity index (χ1) is 14.4. The Morgan fingerprint density at radius 3 is 2.53 bits per heavy atom. The standard InChI is InChI=1S/C22H26FN3O4/c1-4-29-20-13-16(9-10-19(20)30-15(2)3)14-24-26-22(28)12-11-21(27)25-18-8-6-5-7-17(18)23/h5-10,13-15H,4,11-12H2,1-3H3,(H,25,27)(H,26,28). The Bertz CT molecular complexity index is 900. The third-order valence-corrected chi connectivity index (χ3v) is 3.76. The third-order valence-electron chi connectivity index (χ3n) is 3.76. The SMILES string of the molecule is CCOc1cc(C=NNC(=O)CCC(=O)Nc2ccccc2F)ccc1OC(C)C. The average Bonchev–Trinajstić information content (AvgIpc) is 2.70. The van der Waals surface area contributed by atoms with Crippen molar-refractivity contribution in [1.29, 1.82) is 0 Å². The van der Waals surface area contributed by atoms with Crippen LogP contribution in [0, 0.1) is 5.82 Å². The van der Waals surface area contributed by atoms with Gasteiger partial charge in [-0.3, -0.25) is 9.59 Å². The third kappa shape index (κ3) is 7.54. The fraction of sp³-hybridized carbons (Fsp3) is 0.318. The van der Waals surface area contributed by atoms with Crippen LogP contribution in [0.1, 0.15) is 39.2 Å². The number of rotatable bonds is 10. The van der Waals surface area contributed by atoms with Crippen LogP contribution in [0.5, 0.6) is 11.5 Å². The van der Waals surface area contributed by atoms with E-state index in [0.717, 1.165) is 0 Å². The summed E-state index contributed by atoms with van der Waals surface area (Å²) in [6.45, 7) is 6.22. The fourth-order valence-corrected chi connectivity index (χ4v) is 2.46. The number of halogens is 1. The van der Waals surface area contributed by atoms with Crippen LogP contribution >= 0.6 is 0 Å². The lowest BCUT2D eigenvalue weighted by Gasteiger charge is -2.14. The number of carbonyl (C=O) groups excluding carboxylic acids is 2. The van der Waals surface area contributed by atoms with Gasteiger partial charge in [0.1, 0.15) is 5.82 Å². The van der Waals surface area contributed by atoms with Crippen molar-refractivity contribution in [3.05, 3.63) is 53.8 Å². The van der Waals surface area contributed by atoms with Gasteiger partial charge in [0.15, 0.2) is 11.5 Å². The highest BCUT2D eigenvalue weighted by molar-refractivity contribution is 5.93. The van der Waals surface area contributed by atoms with E-state index >= 15 is 0 Å². The van der Waals surface area contributed by atoms with Gasteiger partial charge in [-0.15, -0.1) is 0 Å². The molecule has 0 atom stereocenters. The molecular formula is C22H26FN3O4. The Kier molecular flexibility index (Phi) is 8.80. The molecule has 2 aromatic carbocycles. The lowest BCUT2D eigenvalue weighted by atomic mass is 10.2. The molecule has 2 aromatic rings. The Balaban J connectivity index is 1.84. The number of ether oxygens (including phenoxy) is 2. The van der Waals surface area contributed by atoms with E-state index in [4.69, 9.17) is 9.47 Å². The Hall–Kier alpha value is -3.42. The molecule has 0 spiro atoms. The normalized spacial score (nSPS) is 10.8. The molecule has 0 aliphatic heterocycles. The predicted octanol–water partition coefficient (Wildman–Crippen LogP) is 3.88. The van der Waals surface area contributed by atoms with Crippen LogP contribution in [-0.4, -0.2) is 30.7 Å². The highest BCUT2D eigenvalue weighted by Gasteiger charge is 2.10. The quantitative estimate of drug-likeness (QED) is 0.455. The maximum Gasteiger partial charge on any atom is 0.240 e. The minimum absolute atomic E-state index is 0.0126. The Labute approximate surface area is 175 Å². The van der Waals surface area contributed by atoms with Crippen LogP contribution in [0.15, 0.2) is 47.6 Å². The second-order valence-corrected chi connectivity index (χ2v) is 6.63. The highest BCUT2D eigenvalue weighted by atomic mass is 19.1. The van der Waals surface area contributed by atoms with E-state index in [0.29, 0.717) is 23.7 Å². The molecule has 30 heavy (non-hydrogen) atoms. The summed E-state index contributed by atoms with van der Waals surface area (Å²) < 4.78 is 24.8. The molecule has 8 heteroatoms. The number of hydrazone groups is 1. The highest BCUT2D eigenvalue weighted by Crippen LogP contribution is 2.28. The van der Waals surface area contributed by atoms with E-state index in [1.54, 1.807) is 24.3 Å². The number of anilines is 1. The van der Waals surface area contributed by atoms with Crippen LogP contribution in [0.25, 0.3) is 0 Å². The topological polar surface area (TPSA) is 89.0 Å². The summed E-state index contributed by atoms with van der Waals surface area (Å²) in [4.78, 5) is 23.7. The van der Waals surface area contributed by atoms with Crippen molar-refractivity contribution in [3.8, 4) is 11.5 Å². The first-order valence-corrected chi connectivity index (χ1v) is 9.68. The second kappa shape index (κ2) is 11.5. The lowest BCUT2D eigenvalue weighted by Crippen LogP contribution is -2.21. The largest absolute Gasteiger partial charge is 0.490 e. The molecule has 0 unspecified atom stereocenters. The molecule has 0 fully saturated rings. The maximum atomic E-state index is 13.5. The summed E-state index contributed by atoms with van der Waals surface area (Å²) >= 11 is 0. The van der Waals surface area contributed by atoms with E-state index in [-0.39, 0.29) is 24.6 Å². The Morgan fingerprint density at radius 1 is 1.10 bits per heavy atom. The second-order valence-electron chi connectivity index (χ2n) is 6.63. The molecule has 0 aliphatic rings. The van der Waals surface area contributed by atoms with Crippen molar-refractivity contribution < 1.29 is 23.5 Å². The molecule has 0 bridgehead atoms. The van der Waals surface area contributed by atoms with Gasteiger partial charge < -0.3 is 14.8 Å². The molecule has 0 radical (unpaired) electrons. The summed E-state index contributed by atoms with van der Waals surface area (Å²) in [5.74, 6) is -0.197. The molecule has 0 saturated heterocycles. The van der Waals surface area contributed by atoms with Gasteiger partial charge in [-0.2, -0.15) is 5.10 Å². The summed E-state index contributed by atoms with van der Waals surface area (Å²) in [6, 6.07) is 11.2. The average molecular weight is 415 g/mol. The molecule has 2 amide bonds. The zero-order valence-electron chi connectivity index (χ0n) is 17.3. The van der Waals surface area contributed by atoms with Crippen LogP contribution < -0.4 is 20.2 Å². The number of para-hydroxylation sites is 1. The van der Waals surface area contributed by atoms with Crippen LogP contribution in [0.3, 0.4) is 0 Å². The van der Waals surface area contributed by atoms with Crippen LogP contribution in [-0.2, 0) is 9.59 Å². The zero-order valence-corrected chi connectivity index (χ0v) is 17.3. The van der Waals surface area contributed by atoms with Gasteiger partial charge in [-0.25, -0.2) is 9.82 Å². The van der Waals surface area contributed by atoms with Crippen molar-refractivity contribution in [1.82, 2.24) is 5.43 Å². The smallest absolute Gasteiger partial charge is 0.240 e. The molecule has 160 valence electrons. The van der Waals surface area contributed by atoms with E-state index in [2.05, 4.69) is 15.8 Å². The summed E-state index contributed by atoms with van der Waals surface area (Å²) in [5, 5.41) is 6.32. The van der Waals surface area contributed by atoms with Crippen molar-refractivity contribution in [3.63, 3.8) is 0 Å². The van der Waals surface area contributed by atoms with E-state index in [1.165, 1.54) is 24.4 Å². The van der Waals surface area contributed by atoms with E-state index in [9.17, 15) is 14.0 Å². The number of hydrogen-bond donors (Lipinski definition) is 2. The van der Waals surface area contributed by atoms with Crippen molar-refractivity contribution in [2.45, 2.75) is 39.7 Å². The number of hydrogen-bond acceptors (Lipinski definition) is 5. The first-order valence-electron chi connectivity index (χ1n) is 9.68. The first kappa shape index (κ1) is 22.9. The fourth-order valence-electron chi connectivity index (χ4n) is 2.46. The van der Waals surface area contributed by atoms with Gasteiger partial charge in [0.05, 0.1) is 24.6 Å². The lowest BCUT2D eigenvalue weighted by molar-refractivity contribution is -0.124. The van der Waals surface area contributed by atoms with Crippen molar-refractivity contribution in [2.24, 2.45) is 5.10 Å². The molecule has 2 rings (SSSR count). The molecule has 2 N–H and O–H groups in total. The van der Waals surface area contributed by atoms with Gasteiger partial charge in [0.2, 0.25) is 11.8 Å². The summed E-state index contributed by atoms with van der Waals surface area (Å²) in [7, 11) is 0.